The first-order valence-corrected chi connectivity index (χ1v) is 11.6. The molecular weight excluding hydrogens is 392 g/mol. The van der Waals surface area contributed by atoms with E-state index in [1.54, 1.807) is 33.5 Å². The highest BCUT2D eigenvalue weighted by Gasteiger charge is 2.74. The Morgan fingerprint density at radius 2 is 2.07 bits per heavy atom. The zero-order valence-corrected chi connectivity index (χ0v) is 17.2. The van der Waals surface area contributed by atoms with Gasteiger partial charge in [0.25, 0.3) is 0 Å². The largest absolute Gasteiger partial charge is 0.441 e. The summed E-state index contributed by atoms with van der Waals surface area (Å²) >= 11 is 0. The molecule has 1 saturated carbocycles. The number of sulfonamides is 1. The Kier molecular flexibility index (Phi) is 4.14. The molecular formula is C21H26N2O5S. The molecule has 4 bridgehead atoms. The molecule has 0 unspecified atom stereocenters. The number of aliphatic hydroxyl groups excluding tert-OH is 1. The lowest BCUT2D eigenvalue weighted by Gasteiger charge is -2.57. The third-order valence-electron chi connectivity index (χ3n) is 7.55. The van der Waals surface area contributed by atoms with Crippen molar-refractivity contribution in [2.75, 3.05) is 19.7 Å². The van der Waals surface area contributed by atoms with Gasteiger partial charge in [-0.3, -0.25) is 4.90 Å². The van der Waals surface area contributed by atoms with E-state index in [2.05, 4.69) is 6.58 Å². The second kappa shape index (κ2) is 6.30. The fraction of sp³-hybridized carbons (Fsp3) is 0.571. The van der Waals surface area contributed by atoms with E-state index in [1.165, 1.54) is 0 Å². The maximum Gasteiger partial charge on any atom is 0.410 e. The Morgan fingerprint density at radius 1 is 1.34 bits per heavy atom. The van der Waals surface area contributed by atoms with Crippen LogP contribution in [0.1, 0.15) is 18.4 Å². The number of carbonyl (C=O) groups is 1. The first-order valence-electron chi connectivity index (χ1n) is 10.2. The quantitative estimate of drug-likeness (QED) is 0.753. The number of hydrogen-bond donors (Lipinski definition) is 1. The molecule has 4 fully saturated rings. The van der Waals surface area contributed by atoms with E-state index in [0.717, 1.165) is 12.0 Å². The number of hydrogen-bond acceptors (Lipinski definition) is 5. The van der Waals surface area contributed by atoms with Crippen molar-refractivity contribution in [3.05, 3.63) is 42.5 Å². The highest BCUT2D eigenvalue weighted by molar-refractivity contribution is 7.89. The van der Waals surface area contributed by atoms with Crippen molar-refractivity contribution in [3.63, 3.8) is 0 Å². The van der Waals surface area contributed by atoms with Crippen LogP contribution >= 0.6 is 0 Å². The summed E-state index contributed by atoms with van der Waals surface area (Å²) in [7, 11) is -3.78. The van der Waals surface area contributed by atoms with Crippen molar-refractivity contribution < 1.29 is 23.1 Å². The summed E-state index contributed by atoms with van der Waals surface area (Å²) in [5, 5.41) is 10.1. The molecule has 5 rings (SSSR count). The molecule has 3 aliphatic heterocycles. The molecule has 3 heterocycles. The average Bonchev–Trinajstić information content (AvgIpc) is 3.09. The fourth-order valence-electron chi connectivity index (χ4n) is 6.49. The number of aliphatic hydroxyl groups is 1. The number of piperidine rings is 1. The second-order valence-electron chi connectivity index (χ2n) is 8.72. The summed E-state index contributed by atoms with van der Waals surface area (Å²) in [5.74, 6) is 0.294. The molecule has 0 radical (unpaired) electrons. The SMILES string of the molecule is C=C[C@H]1C[C@H]2CN3C(=O)O[C@H](CO)[C@@]34[C@@H]2CCN(S(=O)(=O)c2ccc(C)cc2)[C@@H]14. The Hall–Kier alpha value is -1.90. The van der Waals surface area contributed by atoms with Crippen LogP contribution in [0.3, 0.4) is 0 Å². The minimum absolute atomic E-state index is 0.106. The van der Waals surface area contributed by atoms with Gasteiger partial charge in [0.05, 0.1) is 17.5 Å². The van der Waals surface area contributed by atoms with Crippen LogP contribution in [0.2, 0.25) is 0 Å². The van der Waals surface area contributed by atoms with Gasteiger partial charge in [-0.25, -0.2) is 13.2 Å². The summed E-state index contributed by atoms with van der Waals surface area (Å²) < 4.78 is 34.5. The van der Waals surface area contributed by atoms with E-state index in [0.29, 0.717) is 19.5 Å². The number of carbonyl (C=O) groups excluding carboxylic acids is 1. The Balaban J connectivity index is 1.67. The Labute approximate surface area is 171 Å². The predicted octanol–water partition coefficient (Wildman–Crippen LogP) is 1.76. The molecule has 1 N–H and O–H groups in total. The maximum atomic E-state index is 13.7. The van der Waals surface area contributed by atoms with Crippen LogP contribution in [0.4, 0.5) is 4.79 Å². The molecule has 1 amide bonds. The van der Waals surface area contributed by atoms with E-state index in [9.17, 15) is 18.3 Å². The number of amides is 1. The van der Waals surface area contributed by atoms with Gasteiger partial charge >= 0.3 is 6.09 Å². The zero-order chi connectivity index (χ0) is 20.6. The minimum Gasteiger partial charge on any atom is -0.441 e. The number of cyclic esters (lactones) is 1. The van der Waals surface area contributed by atoms with Crippen LogP contribution in [-0.4, -0.2) is 66.2 Å². The van der Waals surface area contributed by atoms with Crippen molar-refractivity contribution in [1.29, 1.82) is 0 Å². The van der Waals surface area contributed by atoms with Crippen molar-refractivity contribution in [1.82, 2.24) is 9.21 Å². The van der Waals surface area contributed by atoms with Crippen LogP contribution in [0.15, 0.2) is 41.8 Å². The van der Waals surface area contributed by atoms with E-state index in [4.69, 9.17) is 4.74 Å². The lowest BCUT2D eigenvalue weighted by molar-refractivity contribution is -0.0743. The van der Waals surface area contributed by atoms with E-state index in [-0.39, 0.29) is 29.3 Å². The van der Waals surface area contributed by atoms with Gasteiger partial charge in [-0.15, -0.1) is 6.58 Å². The summed E-state index contributed by atoms with van der Waals surface area (Å²) in [5.41, 5.74) is 0.159. The molecule has 1 spiro atoms. The molecule has 29 heavy (non-hydrogen) atoms. The van der Waals surface area contributed by atoms with E-state index >= 15 is 0 Å². The lowest BCUT2D eigenvalue weighted by Crippen LogP contribution is -2.73. The molecule has 1 aromatic carbocycles. The molecule has 0 aromatic heterocycles. The average molecular weight is 419 g/mol. The molecule has 7 nitrogen and oxygen atoms in total. The zero-order valence-electron chi connectivity index (χ0n) is 16.4. The Morgan fingerprint density at radius 3 is 2.72 bits per heavy atom. The minimum atomic E-state index is -3.78. The lowest BCUT2D eigenvalue weighted by atomic mass is 9.58. The van der Waals surface area contributed by atoms with Gasteiger partial charge in [-0.05, 0) is 49.7 Å². The van der Waals surface area contributed by atoms with Gasteiger partial charge in [0, 0.05) is 13.1 Å². The van der Waals surface area contributed by atoms with Crippen LogP contribution < -0.4 is 0 Å². The fourth-order valence-corrected chi connectivity index (χ4v) is 8.21. The van der Waals surface area contributed by atoms with Gasteiger partial charge in [-0.2, -0.15) is 4.31 Å². The maximum absolute atomic E-state index is 13.7. The van der Waals surface area contributed by atoms with Crippen LogP contribution in [0.25, 0.3) is 0 Å². The number of nitrogens with zero attached hydrogens (tertiary/aromatic N) is 2. The molecule has 1 aromatic rings. The summed E-state index contributed by atoms with van der Waals surface area (Å²) in [6.07, 6.45) is 2.09. The normalized spacial score (nSPS) is 38.6. The van der Waals surface area contributed by atoms with Gasteiger partial charge in [-0.1, -0.05) is 23.8 Å². The topological polar surface area (TPSA) is 87.2 Å². The number of ether oxygens (including phenoxy) is 1. The van der Waals surface area contributed by atoms with Gasteiger partial charge in [0.2, 0.25) is 10.0 Å². The number of rotatable bonds is 4. The third-order valence-corrected chi connectivity index (χ3v) is 9.44. The monoisotopic (exact) mass is 418 g/mol. The van der Waals surface area contributed by atoms with Crippen molar-refractivity contribution in [2.45, 2.75) is 42.3 Å². The molecule has 156 valence electrons. The highest BCUT2D eigenvalue weighted by Crippen LogP contribution is 2.61. The van der Waals surface area contributed by atoms with E-state index < -0.39 is 33.8 Å². The Bertz CT molecular complexity index is 962. The summed E-state index contributed by atoms with van der Waals surface area (Å²) in [6, 6.07) is 6.36. The standard InChI is InChI=1S/C21H26N2O5S/c1-3-14-10-15-11-22-20(25)28-18(12-24)21(22)17(15)8-9-23(19(14)21)29(26,27)16-6-4-13(2)5-7-16/h3-7,14-15,17-19,24H,1,8-12H2,2H3/t14-,15-,17+,18+,19-,21+/m0/s1. The molecule has 4 aliphatic rings. The molecule has 1 aliphatic carbocycles. The van der Waals surface area contributed by atoms with Crippen molar-refractivity contribution in [3.8, 4) is 0 Å². The smallest absolute Gasteiger partial charge is 0.410 e. The molecule has 3 saturated heterocycles. The first-order chi connectivity index (χ1) is 13.8. The van der Waals surface area contributed by atoms with Crippen LogP contribution in [0, 0.1) is 24.7 Å². The van der Waals surface area contributed by atoms with Crippen molar-refractivity contribution in [2.24, 2.45) is 17.8 Å². The van der Waals surface area contributed by atoms with Crippen molar-refractivity contribution >= 4 is 16.1 Å². The highest BCUT2D eigenvalue weighted by atomic mass is 32.2. The number of benzene rings is 1. The molecule has 6 atom stereocenters. The van der Waals surface area contributed by atoms with Crippen LogP contribution in [-0.2, 0) is 14.8 Å². The van der Waals surface area contributed by atoms with Crippen LogP contribution in [0.5, 0.6) is 0 Å². The van der Waals surface area contributed by atoms with Gasteiger partial charge in [0.1, 0.15) is 5.54 Å². The molecule has 8 heteroatoms. The first kappa shape index (κ1) is 19.1. The van der Waals surface area contributed by atoms with Gasteiger partial charge < -0.3 is 9.84 Å². The number of aryl methyl sites for hydroxylation is 1. The van der Waals surface area contributed by atoms with Gasteiger partial charge in [0.15, 0.2) is 6.10 Å². The summed E-state index contributed by atoms with van der Waals surface area (Å²) in [4.78, 5) is 14.6. The predicted molar refractivity (Wildman–Crippen MR) is 106 cm³/mol. The summed E-state index contributed by atoms with van der Waals surface area (Å²) in [6.45, 7) is 6.53. The third kappa shape index (κ3) is 2.30. The second-order valence-corrected chi connectivity index (χ2v) is 10.6. The van der Waals surface area contributed by atoms with E-state index in [1.807, 2.05) is 13.0 Å².